The van der Waals surface area contributed by atoms with Crippen LogP contribution in [0.3, 0.4) is 0 Å². The summed E-state index contributed by atoms with van der Waals surface area (Å²) in [5, 5.41) is 58.1. The molecule has 33 nitrogen and oxygen atoms in total. The van der Waals surface area contributed by atoms with E-state index in [0.29, 0.717) is 36.8 Å². The van der Waals surface area contributed by atoms with Crippen molar-refractivity contribution < 1.29 is 86.8 Å². The Balaban J connectivity index is 1.14. The molecule has 0 radical (unpaired) electrons. The standard InChI is InChI=1S/C60H81FN16O17S/c1-30-14-15-37-38(21-30)58(93)77(57(37)92)17-16-63-47(83)28-95-29-48(84)69-41(22-43-73-75-76-74-43)53(88)65-27-46(82)70-51(34(5)79)56(91)72-60(6,24-36-11-7-8-12-39(36)61)59(94)71-50(33(4)78)55(90)66-26-45(81)68-42(23-49(85)86)54(89)64-25-44(80)67-40(52(62)87)13-9-10-35-19-31(2)18-32(3)20-35/h7-8,11-12,18-21,33-34,40-42,50-51,75-76,78-79H,9-10,13-17,22-29H2,1-6H3,(H2,62,87)(H,63,83)(H,64,89)(H,65,88)(H,66,90)(H,67,80)(H,68,81)(H,69,84)(H,70,82)(H,71,94)(H,72,91)(H,73,74)(H,85,86)/t33-,34-,40+,41+,42+,50+,51+,60+/m1/s1. The lowest BCUT2D eigenvalue weighted by molar-refractivity contribution is -0.141. The van der Waals surface area contributed by atoms with Gasteiger partial charge < -0.3 is 74.2 Å². The highest BCUT2D eigenvalue weighted by Gasteiger charge is 2.42. The number of carbonyl (C=O) groups excluding carboxylic acids is 13. The monoisotopic (exact) mass is 1350 g/mol. The van der Waals surface area contributed by atoms with Crippen LogP contribution in [0.4, 0.5) is 4.39 Å². The number of hydrogen-bond donors (Lipinski definition) is 17. The Hall–Kier alpha value is -9.87. The van der Waals surface area contributed by atoms with Crippen molar-refractivity contribution in [1.82, 2.24) is 74.6 Å². The van der Waals surface area contributed by atoms with Crippen LogP contribution in [0.15, 0.2) is 70.4 Å². The number of imide groups is 1. The number of aryl methyl sites for hydroxylation is 3. The Labute approximate surface area is 549 Å². The molecule has 1 aliphatic carbocycles. The van der Waals surface area contributed by atoms with E-state index in [-0.39, 0.29) is 48.8 Å². The zero-order valence-corrected chi connectivity index (χ0v) is 53.9. The number of hydrazine groups is 2. The van der Waals surface area contributed by atoms with E-state index in [4.69, 9.17) is 5.73 Å². The first-order valence-corrected chi connectivity index (χ1v) is 31.2. The van der Waals surface area contributed by atoms with Crippen LogP contribution in [0.25, 0.3) is 0 Å². The van der Waals surface area contributed by atoms with Gasteiger partial charge in [-0.05, 0) is 90.8 Å². The number of amidine groups is 1. The number of allylic oxidation sites excluding steroid dienone is 1. The number of aliphatic hydroxyl groups excluding tert-OH is 2. The van der Waals surface area contributed by atoms with Crippen LogP contribution >= 0.6 is 11.8 Å². The number of nitrogens with two attached hydrogens (primary N) is 1. The number of thioether (sulfide) groups is 1. The van der Waals surface area contributed by atoms with Gasteiger partial charge in [0.1, 0.15) is 47.4 Å². The highest BCUT2D eigenvalue weighted by Crippen LogP contribution is 2.31. The topological polar surface area (TPSA) is 498 Å². The van der Waals surface area contributed by atoms with Gasteiger partial charge in [-0.1, -0.05) is 59.2 Å². The molecule has 0 saturated heterocycles. The van der Waals surface area contributed by atoms with Crippen LogP contribution in [0, 0.1) is 19.7 Å². The lowest BCUT2D eigenvalue weighted by Gasteiger charge is -2.34. The average Bonchev–Trinajstić information content (AvgIpc) is 1.68. The summed E-state index contributed by atoms with van der Waals surface area (Å²) in [6.07, 6.45) is -1.49. The summed E-state index contributed by atoms with van der Waals surface area (Å²) in [5.41, 5.74) is 15.4. The molecular weight excluding hydrogens is 1270 g/mol. The molecule has 0 spiro atoms. The number of nitrogens with zero attached hydrogens (tertiary/aromatic N) is 2. The van der Waals surface area contributed by atoms with Crippen molar-refractivity contribution in [2.24, 2.45) is 10.8 Å². The van der Waals surface area contributed by atoms with E-state index in [2.05, 4.69) is 74.8 Å². The summed E-state index contributed by atoms with van der Waals surface area (Å²) in [4.78, 5) is 184. The number of amides is 13. The Kier molecular flexibility index (Phi) is 28.7. The minimum atomic E-state index is -2.31. The van der Waals surface area contributed by atoms with Crippen molar-refractivity contribution >= 4 is 100 Å². The Morgan fingerprint density at radius 2 is 1.29 bits per heavy atom. The van der Waals surface area contributed by atoms with Gasteiger partial charge in [0.2, 0.25) is 65.0 Å². The third kappa shape index (κ3) is 23.9. The molecule has 18 N–H and O–H groups in total. The minimum Gasteiger partial charge on any atom is -0.481 e. The lowest BCUT2D eigenvalue weighted by atomic mass is 9.90. The second-order valence-corrected chi connectivity index (χ2v) is 24.1. The zero-order chi connectivity index (χ0) is 70.3. The quantitative estimate of drug-likeness (QED) is 0.0282. The van der Waals surface area contributed by atoms with Gasteiger partial charge in [-0.3, -0.25) is 77.4 Å². The minimum absolute atomic E-state index is 0.0435. The number of primary amides is 1. The maximum atomic E-state index is 15.3. The molecule has 0 bridgehead atoms. The highest BCUT2D eigenvalue weighted by atomic mass is 32.2. The molecule has 2 heterocycles. The number of carbonyl (C=O) groups is 14. The normalized spacial score (nSPS) is 16.1. The molecule has 2 aliphatic heterocycles. The van der Waals surface area contributed by atoms with Gasteiger partial charge in [0.25, 0.3) is 11.8 Å². The number of benzene rings is 2. The highest BCUT2D eigenvalue weighted by molar-refractivity contribution is 8.00. The van der Waals surface area contributed by atoms with E-state index in [0.717, 1.165) is 65.8 Å². The molecule has 35 heteroatoms. The summed E-state index contributed by atoms with van der Waals surface area (Å²) in [5.74, 6) is -14.8. The average molecular weight is 1350 g/mol. The molecule has 0 unspecified atom stereocenters. The third-order valence-corrected chi connectivity index (χ3v) is 15.8. The van der Waals surface area contributed by atoms with Crippen LogP contribution in [0.2, 0.25) is 0 Å². The summed E-state index contributed by atoms with van der Waals surface area (Å²) in [6, 6.07) is 2.77. The lowest BCUT2D eigenvalue weighted by Crippen LogP contribution is -2.66. The molecule has 13 amide bonds. The largest absolute Gasteiger partial charge is 0.481 e. The molecule has 0 aromatic heterocycles. The maximum Gasteiger partial charge on any atom is 0.305 e. The second kappa shape index (κ2) is 36.0. The molecule has 516 valence electrons. The fourth-order valence-electron chi connectivity index (χ4n) is 10.1. The van der Waals surface area contributed by atoms with E-state index >= 15 is 4.39 Å². The smallest absolute Gasteiger partial charge is 0.305 e. The van der Waals surface area contributed by atoms with E-state index in [1.54, 1.807) is 6.08 Å². The van der Waals surface area contributed by atoms with Gasteiger partial charge in [-0.15, -0.1) is 22.4 Å². The summed E-state index contributed by atoms with van der Waals surface area (Å²) in [6.45, 7) is 6.21. The Morgan fingerprint density at radius 1 is 0.716 bits per heavy atom. The van der Waals surface area contributed by atoms with Gasteiger partial charge in [0.05, 0.1) is 49.8 Å². The molecule has 0 saturated carbocycles. The van der Waals surface area contributed by atoms with E-state index < -0.39 is 169 Å². The SMILES string of the molecule is CC1=CC2=C(CC1)C(=O)N(CCNC(=O)CSCC(=O)N[C@@H](CC1=NNNN1)C(=O)NCC(=O)N[C@H](C(=O)N[C@@](C)(Cc1ccccc1F)C(=O)N[C@H](C(=O)NCC(=O)N[C@@H](CC(=O)O)C(=O)NCC(=O)N[C@@H](CCCc1cc(C)cc(C)c1)C(N)=O)[C@@H](C)O)[C@@H](C)O)C2=O. The molecule has 95 heavy (non-hydrogen) atoms. The van der Waals surface area contributed by atoms with Gasteiger partial charge in [-0.2, -0.15) is 0 Å². The number of hydrazone groups is 1. The van der Waals surface area contributed by atoms with Crippen molar-refractivity contribution in [3.05, 3.63) is 93.3 Å². The van der Waals surface area contributed by atoms with E-state index in [1.165, 1.54) is 18.2 Å². The van der Waals surface area contributed by atoms with E-state index in [9.17, 15) is 82.4 Å². The first-order valence-electron chi connectivity index (χ1n) is 30.1. The molecule has 2 aromatic carbocycles. The van der Waals surface area contributed by atoms with Crippen molar-refractivity contribution in [1.29, 1.82) is 0 Å². The van der Waals surface area contributed by atoms with Crippen LogP contribution < -0.4 is 75.4 Å². The number of nitrogens with one attached hydrogen (secondary N) is 13. The predicted molar refractivity (Wildman–Crippen MR) is 338 cm³/mol. The molecule has 3 aliphatic rings. The van der Waals surface area contributed by atoms with Crippen LogP contribution in [0.1, 0.15) is 88.5 Å². The molecule has 8 atom stereocenters. The predicted octanol–water partition coefficient (Wildman–Crippen LogP) is -5.05. The molecule has 5 rings (SSSR count). The van der Waals surface area contributed by atoms with Crippen molar-refractivity contribution in [3.8, 4) is 0 Å². The molecular formula is C60H81FN16O17S. The summed E-state index contributed by atoms with van der Waals surface area (Å²) in [7, 11) is 0. The van der Waals surface area contributed by atoms with Crippen LogP contribution in [-0.4, -0.2) is 201 Å². The Bertz CT molecular complexity index is 3360. The second-order valence-electron chi connectivity index (χ2n) is 23.1. The zero-order valence-electron chi connectivity index (χ0n) is 53.1. The Morgan fingerprint density at radius 3 is 1.89 bits per heavy atom. The number of aliphatic carboxylic acids is 1. The molecule has 2 aromatic rings. The fraction of sp³-hybridized carbons (Fsp3) is 0.483. The number of carboxylic acid groups (broad SMARTS) is 1. The first kappa shape index (κ1) is 75.8. The van der Waals surface area contributed by atoms with Gasteiger partial charge in [-0.25, -0.2) is 9.93 Å². The van der Waals surface area contributed by atoms with Gasteiger partial charge in [0, 0.05) is 37.1 Å². The molecule has 0 fully saturated rings. The number of carboxylic acids is 1. The summed E-state index contributed by atoms with van der Waals surface area (Å²) >= 11 is 0.877. The van der Waals surface area contributed by atoms with E-state index in [1.807, 2.05) is 39.0 Å². The van der Waals surface area contributed by atoms with Gasteiger partial charge in [0.15, 0.2) is 0 Å². The van der Waals surface area contributed by atoms with Crippen LogP contribution in [0.5, 0.6) is 0 Å². The fourth-order valence-corrected chi connectivity index (χ4v) is 10.7. The number of hydrogen-bond acceptors (Lipinski definition) is 21. The van der Waals surface area contributed by atoms with Gasteiger partial charge >= 0.3 is 5.97 Å². The van der Waals surface area contributed by atoms with Crippen molar-refractivity contribution in [2.45, 2.75) is 141 Å². The van der Waals surface area contributed by atoms with Crippen molar-refractivity contribution in [3.63, 3.8) is 0 Å². The number of rotatable bonds is 37. The van der Waals surface area contributed by atoms with Crippen molar-refractivity contribution in [2.75, 3.05) is 44.2 Å². The number of halogens is 1. The van der Waals surface area contributed by atoms with Crippen LogP contribution in [-0.2, 0) is 80.0 Å². The summed E-state index contributed by atoms with van der Waals surface area (Å²) < 4.78 is 15.3. The maximum absolute atomic E-state index is 15.3. The third-order valence-electron chi connectivity index (χ3n) is 14.8. The first-order chi connectivity index (χ1) is 44.8. The number of aliphatic hydroxyl groups is 2.